The van der Waals surface area contributed by atoms with Gasteiger partial charge in [-0.2, -0.15) is 0 Å². The van der Waals surface area contributed by atoms with Crippen molar-refractivity contribution < 1.29 is 4.74 Å². The Morgan fingerprint density at radius 1 is 1.26 bits per heavy atom. The number of nitrogens with zero attached hydrogens (tertiary/aromatic N) is 2. The minimum Gasteiger partial charge on any atom is -0.371 e. The van der Waals surface area contributed by atoms with Crippen molar-refractivity contribution in [3.8, 4) is 0 Å². The van der Waals surface area contributed by atoms with Crippen molar-refractivity contribution in [1.82, 2.24) is 9.55 Å². The van der Waals surface area contributed by atoms with Gasteiger partial charge < -0.3 is 15.0 Å². The van der Waals surface area contributed by atoms with Gasteiger partial charge in [0.1, 0.15) is 12.4 Å². The fourth-order valence-corrected chi connectivity index (χ4v) is 2.24. The maximum Gasteiger partial charge on any atom is 0.136 e. The van der Waals surface area contributed by atoms with Crippen LogP contribution in [0.25, 0.3) is 11.0 Å². The number of fused-ring (bicyclic) bond motifs is 1. The zero-order valence-electron chi connectivity index (χ0n) is 12.2. The first-order valence-corrected chi connectivity index (χ1v) is 6.84. The Kier molecular flexibility index (Phi) is 4.22. The minimum absolute atomic E-state index is 0.208. The molecule has 0 fully saturated rings. The highest BCUT2D eigenvalue weighted by molar-refractivity contribution is 5.77. The minimum atomic E-state index is 0.208. The first kappa shape index (κ1) is 14.0. The van der Waals surface area contributed by atoms with Gasteiger partial charge in [-0.15, -0.1) is 0 Å². The fourth-order valence-electron chi connectivity index (χ4n) is 2.24. The van der Waals surface area contributed by atoms with Gasteiger partial charge >= 0.3 is 0 Å². The van der Waals surface area contributed by atoms with Gasteiger partial charge in [-0.25, -0.2) is 4.98 Å². The number of hydrogen-bond donors (Lipinski definition) is 1. The van der Waals surface area contributed by atoms with Gasteiger partial charge in [0.15, 0.2) is 0 Å². The van der Waals surface area contributed by atoms with Crippen molar-refractivity contribution in [3.63, 3.8) is 0 Å². The molecule has 1 aromatic heterocycles. The van der Waals surface area contributed by atoms with E-state index in [0.29, 0.717) is 19.2 Å². The Labute approximate surface area is 114 Å². The molecule has 0 atom stereocenters. The van der Waals surface area contributed by atoms with Crippen molar-refractivity contribution in [3.05, 3.63) is 29.6 Å². The molecule has 0 aliphatic rings. The highest BCUT2D eigenvalue weighted by Crippen LogP contribution is 2.23. The number of ether oxygens (including phenoxy) is 1. The highest BCUT2D eigenvalue weighted by atomic mass is 16.5. The summed E-state index contributed by atoms with van der Waals surface area (Å²) in [6.07, 6.45) is 0.208. The van der Waals surface area contributed by atoms with Crippen LogP contribution in [0, 0.1) is 0 Å². The van der Waals surface area contributed by atoms with Gasteiger partial charge in [0.2, 0.25) is 0 Å². The Morgan fingerprint density at radius 3 is 2.58 bits per heavy atom. The summed E-state index contributed by atoms with van der Waals surface area (Å²) >= 11 is 0. The third kappa shape index (κ3) is 2.96. The van der Waals surface area contributed by atoms with Crippen LogP contribution in [0.4, 0.5) is 0 Å². The van der Waals surface area contributed by atoms with Crippen molar-refractivity contribution in [2.24, 2.45) is 5.73 Å². The van der Waals surface area contributed by atoms with Crippen LogP contribution >= 0.6 is 0 Å². The number of imidazole rings is 1. The molecule has 1 aromatic carbocycles. The van der Waals surface area contributed by atoms with Crippen LogP contribution in [0.2, 0.25) is 0 Å². The summed E-state index contributed by atoms with van der Waals surface area (Å²) in [6, 6.07) is 6.59. The van der Waals surface area contributed by atoms with E-state index in [1.807, 2.05) is 13.8 Å². The van der Waals surface area contributed by atoms with E-state index >= 15 is 0 Å². The quantitative estimate of drug-likeness (QED) is 0.900. The molecular formula is C15H23N3O. The third-order valence-corrected chi connectivity index (χ3v) is 3.12. The van der Waals surface area contributed by atoms with Crippen molar-refractivity contribution >= 4 is 11.0 Å². The highest BCUT2D eigenvalue weighted by Gasteiger charge is 2.14. The zero-order valence-corrected chi connectivity index (χ0v) is 12.2. The maximum atomic E-state index is 5.70. The summed E-state index contributed by atoms with van der Waals surface area (Å²) < 4.78 is 7.93. The fraction of sp³-hybridized carbons (Fsp3) is 0.533. The van der Waals surface area contributed by atoms with Gasteiger partial charge in [0, 0.05) is 12.6 Å². The molecule has 4 heteroatoms. The lowest BCUT2D eigenvalue weighted by atomic mass is 10.2. The van der Waals surface area contributed by atoms with Gasteiger partial charge in [0.05, 0.1) is 17.1 Å². The molecule has 0 saturated carbocycles. The standard InChI is InChI=1S/C15H23N3O/c1-10(2)18-14-6-5-12(8-16)7-13(14)17-15(18)9-19-11(3)4/h5-7,10-11H,8-9,16H2,1-4H3. The average molecular weight is 261 g/mol. The van der Waals surface area contributed by atoms with Crippen LogP contribution in [0.5, 0.6) is 0 Å². The normalized spacial score (nSPS) is 11.9. The SMILES string of the molecule is CC(C)OCc1nc2cc(CN)ccc2n1C(C)C. The third-order valence-electron chi connectivity index (χ3n) is 3.12. The molecule has 19 heavy (non-hydrogen) atoms. The molecule has 0 saturated heterocycles. The lowest BCUT2D eigenvalue weighted by Gasteiger charge is -2.14. The van der Waals surface area contributed by atoms with E-state index in [0.717, 1.165) is 22.4 Å². The van der Waals surface area contributed by atoms with E-state index in [9.17, 15) is 0 Å². The molecule has 0 radical (unpaired) electrons. The van der Waals surface area contributed by atoms with Crippen LogP contribution in [0.15, 0.2) is 18.2 Å². The molecular weight excluding hydrogens is 238 g/mol. The molecule has 0 spiro atoms. The molecule has 104 valence electrons. The second-order valence-corrected chi connectivity index (χ2v) is 5.38. The summed E-state index contributed by atoms with van der Waals surface area (Å²) in [5.41, 5.74) is 8.94. The molecule has 4 nitrogen and oxygen atoms in total. The van der Waals surface area contributed by atoms with Gasteiger partial charge in [-0.05, 0) is 45.4 Å². The van der Waals surface area contributed by atoms with E-state index in [2.05, 4.69) is 36.6 Å². The first-order chi connectivity index (χ1) is 9.02. The molecule has 0 aliphatic heterocycles. The Bertz CT molecular complexity index is 558. The number of nitrogens with two attached hydrogens (primary N) is 1. The van der Waals surface area contributed by atoms with Crippen molar-refractivity contribution in [1.29, 1.82) is 0 Å². The van der Waals surface area contributed by atoms with Gasteiger partial charge in [-0.3, -0.25) is 0 Å². The Morgan fingerprint density at radius 2 is 2.00 bits per heavy atom. The largest absolute Gasteiger partial charge is 0.371 e. The van der Waals surface area contributed by atoms with Crippen LogP contribution in [0.3, 0.4) is 0 Å². The average Bonchev–Trinajstić information content (AvgIpc) is 2.73. The second-order valence-electron chi connectivity index (χ2n) is 5.38. The Hall–Kier alpha value is -1.39. The summed E-state index contributed by atoms with van der Waals surface area (Å²) in [5, 5.41) is 0. The molecule has 0 amide bonds. The smallest absolute Gasteiger partial charge is 0.136 e. The van der Waals surface area contributed by atoms with Crippen LogP contribution < -0.4 is 5.73 Å². The summed E-state index contributed by atoms with van der Waals surface area (Å²) in [7, 11) is 0. The van der Waals surface area contributed by atoms with Crippen LogP contribution in [-0.4, -0.2) is 15.7 Å². The summed E-state index contributed by atoms with van der Waals surface area (Å²) in [5.74, 6) is 0.980. The lowest BCUT2D eigenvalue weighted by Crippen LogP contribution is -2.10. The molecule has 0 unspecified atom stereocenters. The molecule has 2 N–H and O–H groups in total. The van der Waals surface area contributed by atoms with E-state index in [4.69, 9.17) is 15.5 Å². The van der Waals surface area contributed by atoms with E-state index in [-0.39, 0.29) is 6.10 Å². The van der Waals surface area contributed by atoms with E-state index in [1.54, 1.807) is 0 Å². The zero-order chi connectivity index (χ0) is 14.0. The molecule has 0 bridgehead atoms. The van der Waals surface area contributed by atoms with Gasteiger partial charge in [0.25, 0.3) is 0 Å². The molecule has 2 aromatic rings. The predicted octanol–water partition coefficient (Wildman–Crippen LogP) is 3.00. The molecule has 0 aliphatic carbocycles. The lowest BCUT2D eigenvalue weighted by molar-refractivity contribution is 0.0592. The van der Waals surface area contributed by atoms with Gasteiger partial charge in [-0.1, -0.05) is 6.07 Å². The van der Waals surface area contributed by atoms with Crippen molar-refractivity contribution in [2.45, 2.75) is 53.0 Å². The number of rotatable bonds is 5. The number of hydrogen-bond acceptors (Lipinski definition) is 3. The van der Waals surface area contributed by atoms with E-state index in [1.165, 1.54) is 0 Å². The van der Waals surface area contributed by atoms with E-state index < -0.39 is 0 Å². The Balaban J connectivity index is 2.46. The monoisotopic (exact) mass is 261 g/mol. The van der Waals surface area contributed by atoms with Crippen LogP contribution in [0.1, 0.15) is 45.1 Å². The first-order valence-electron chi connectivity index (χ1n) is 6.84. The molecule has 2 rings (SSSR count). The summed E-state index contributed by atoms with van der Waals surface area (Å²) in [6.45, 7) is 9.49. The molecule has 1 heterocycles. The number of aromatic nitrogens is 2. The maximum absolute atomic E-state index is 5.70. The predicted molar refractivity (Wildman–Crippen MR) is 77.9 cm³/mol. The number of benzene rings is 1. The topological polar surface area (TPSA) is 53.1 Å². The summed E-state index contributed by atoms with van der Waals surface area (Å²) in [4.78, 5) is 4.70. The van der Waals surface area contributed by atoms with Crippen LogP contribution in [-0.2, 0) is 17.9 Å². The second kappa shape index (κ2) is 5.72. The van der Waals surface area contributed by atoms with Crippen molar-refractivity contribution in [2.75, 3.05) is 0 Å².